The number of benzene rings is 2. The Kier molecular flexibility index (Phi) is 8.56. The van der Waals surface area contributed by atoms with Gasteiger partial charge >= 0.3 is 12.2 Å². The minimum absolute atomic E-state index is 0.163. The van der Waals surface area contributed by atoms with Crippen molar-refractivity contribution >= 4 is 29.1 Å². The number of carbonyl (C=O) groups excluding carboxylic acids is 3. The van der Waals surface area contributed by atoms with Gasteiger partial charge in [0.15, 0.2) is 5.78 Å². The molecule has 0 unspecified atom stereocenters. The number of ether oxygens (including phenoxy) is 1. The highest BCUT2D eigenvalue weighted by molar-refractivity contribution is 6.00. The van der Waals surface area contributed by atoms with Gasteiger partial charge in [-0.25, -0.2) is 9.78 Å². The van der Waals surface area contributed by atoms with Crippen molar-refractivity contribution in [2.24, 2.45) is 0 Å². The molecule has 2 aromatic heterocycles. The van der Waals surface area contributed by atoms with Crippen LogP contribution in [-0.4, -0.2) is 34.7 Å². The lowest BCUT2D eigenvalue weighted by Gasteiger charge is -2.15. The number of Topliss-reactive ketones (excluding diaryl/α,β-unsaturated/α-hetero) is 1. The fourth-order valence-corrected chi connectivity index (χ4v) is 3.70. The normalized spacial score (nSPS) is 11.0. The lowest BCUT2D eigenvalue weighted by Crippen LogP contribution is -2.20. The maximum absolute atomic E-state index is 13.8. The highest BCUT2D eigenvalue weighted by atomic mass is 19.4. The summed E-state index contributed by atoms with van der Waals surface area (Å²) < 4.78 is 60.8. The van der Waals surface area contributed by atoms with Gasteiger partial charge in [0.25, 0.3) is 5.91 Å². The van der Waals surface area contributed by atoms with Gasteiger partial charge in [-0.2, -0.15) is 17.6 Å². The monoisotopic (exact) mass is 567 g/mol. The number of nitrogens with zero attached hydrogens (tertiary/aromatic N) is 2. The maximum atomic E-state index is 13.8. The van der Waals surface area contributed by atoms with Crippen molar-refractivity contribution in [1.29, 1.82) is 0 Å². The summed E-state index contributed by atoms with van der Waals surface area (Å²) in [5.74, 6) is -1.59. The smallest absolute Gasteiger partial charge is 0.416 e. The molecular formula is C28H21F4N5O4. The summed E-state index contributed by atoms with van der Waals surface area (Å²) >= 11 is 0. The number of nitrogens with one attached hydrogen (secondary N) is 3. The van der Waals surface area contributed by atoms with E-state index in [9.17, 15) is 31.9 Å². The summed E-state index contributed by atoms with van der Waals surface area (Å²) in [4.78, 5) is 43.9. The van der Waals surface area contributed by atoms with Crippen LogP contribution >= 0.6 is 0 Å². The number of amides is 3. The number of ketones is 1. The van der Waals surface area contributed by atoms with E-state index in [4.69, 9.17) is 4.74 Å². The zero-order valence-electron chi connectivity index (χ0n) is 21.3. The zero-order chi connectivity index (χ0) is 29.6. The topological polar surface area (TPSA) is 122 Å². The maximum Gasteiger partial charge on any atom is 0.416 e. The second kappa shape index (κ2) is 12.2. The summed E-state index contributed by atoms with van der Waals surface area (Å²) in [6, 6.07) is 13.7. The number of anilines is 2. The number of rotatable bonds is 8. The Morgan fingerprint density at radius 3 is 2.24 bits per heavy atom. The van der Waals surface area contributed by atoms with Crippen molar-refractivity contribution < 1.29 is 36.7 Å². The highest BCUT2D eigenvalue weighted by Gasteiger charge is 2.34. The van der Waals surface area contributed by atoms with Crippen LogP contribution in [0, 0.1) is 5.95 Å². The van der Waals surface area contributed by atoms with E-state index in [1.807, 2.05) is 0 Å². The first-order chi connectivity index (χ1) is 19.5. The van der Waals surface area contributed by atoms with Gasteiger partial charge < -0.3 is 20.7 Å². The molecule has 2 heterocycles. The Morgan fingerprint density at radius 1 is 0.854 bits per heavy atom. The predicted octanol–water partition coefficient (Wildman–Crippen LogP) is 5.86. The van der Waals surface area contributed by atoms with Gasteiger partial charge in [-0.3, -0.25) is 14.6 Å². The number of hydrogen-bond acceptors (Lipinski definition) is 6. The Labute approximate surface area is 230 Å². The molecule has 13 heteroatoms. The average molecular weight is 567 g/mol. The summed E-state index contributed by atoms with van der Waals surface area (Å²) in [7, 11) is 1.47. The van der Waals surface area contributed by atoms with Crippen LogP contribution in [0.2, 0.25) is 0 Å². The first-order valence-corrected chi connectivity index (χ1v) is 11.9. The van der Waals surface area contributed by atoms with Crippen molar-refractivity contribution in [3.8, 4) is 11.5 Å². The molecular weight excluding hydrogens is 546 g/mol. The van der Waals surface area contributed by atoms with E-state index >= 15 is 0 Å². The summed E-state index contributed by atoms with van der Waals surface area (Å²) in [6.07, 6.45) is -3.03. The van der Waals surface area contributed by atoms with Crippen LogP contribution in [-0.2, 0) is 12.6 Å². The van der Waals surface area contributed by atoms with Crippen LogP contribution in [0.3, 0.4) is 0 Å². The van der Waals surface area contributed by atoms with Gasteiger partial charge in [0.1, 0.15) is 17.2 Å². The summed E-state index contributed by atoms with van der Waals surface area (Å²) in [5, 5.41) is 7.27. The highest BCUT2D eigenvalue weighted by Crippen LogP contribution is 2.34. The van der Waals surface area contributed by atoms with E-state index in [1.54, 1.807) is 6.07 Å². The van der Waals surface area contributed by atoms with Gasteiger partial charge in [0.2, 0.25) is 5.95 Å². The minimum Gasteiger partial charge on any atom is -0.457 e. The van der Waals surface area contributed by atoms with E-state index in [1.165, 1.54) is 55.7 Å². The largest absolute Gasteiger partial charge is 0.457 e. The number of carbonyl (C=O) groups is 3. The van der Waals surface area contributed by atoms with Gasteiger partial charge in [-0.1, -0.05) is 6.07 Å². The lowest BCUT2D eigenvalue weighted by molar-refractivity contribution is -0.138. The fraction of sp³-hybridized carbons (Fsp3) is 0.107. The standard InChI is InChI=1S/C28H21F4N5O4/c1-33-26(39)23-15-20(10-12-34-23)41-19-8-6-17(7-9-19)36-27(40)37-18-5-4-16(22(14-18)28(30,31)32)13-24(38)21-3-2-11-35-25(21)29/h2-12,14-15H,13H2,1H3,(H,33,39)(H2,36,37,40). The number of hydrogen-bond donors (Lipinski definition) is 3. The van der Waals surface area contributed by atoms with Crippen LogP contribution < -0.4 is 20.7 Å². The zero-order valence-corrected chi connectivity index (χ0v) is 21.3. The van der Waals surface area contributed by atoms with E-state index in [0.29, 0.717) is 23.3 Å². The summed E-state index contributed by atoms with van der Waals surface area (Å²) in [6.45, 7) is 0. The van der Waals surface area contributed by atoms with Crippen molar-refractivity contribution in [3.05, 3.63) is 107 Å². The first kappa shape index (κ1) is 28.7. The number of halogens is 4. The quantitative estimate of drug-likeness (QED) is 0.139. The van der Waals surface area contributed by atoms with E-state index in [2.05, 4.69) is 25.9 Å². The molecule has 41 heavy (non-hydrogen) atoms. The van der Waals surface area contributed by atoms with Crippen molar-refractivity contribution in [3.63, 3.8) is 0 Å². The molecule has 0 bridgehead atoms. The number of alkyl halides is 3. The third-order valence-corrected chi connectivity index (χ3v) is 5.62. The lowest BCUT2D eigenvalue weighted by atomic mass is 9.98. The number of aromatic nitrogens is 2. The molecule has 4 rings (SSSR count). The molecule has 2 aromatic carbocycles. The van der Waals surface area contributed by atoms with Crippen molar-refractivity contribution in [1.82, 2.24) is 15.3 Å². The van der Waals surface area contributed by atoms with Crippen LogP contribution in [0.25, 0.3) is 0 Å². The fourth-order valence-electron chi connectivity index (χ4n) is 3.70. The molecule has 0 atom stereocenters. The molecule has 9 nitrogen and oxygen atoms in total. The van der Waals surface area contributed by atoms with Crippen molar-refractivity contribution in [2.75, 3.05) is 17.7 Å². The van der Waals surface area contributed by atoms with Crippen LogP contribution in [0.1, 0.15) is 32.0 Å². The number of pyridine rings is 2. The summed E-state index contributed by atoms with van der Waals surface area (Å²) in [5.41, 5.74) is -1.66. The van der Waals surface area contributed by atoms with Crippen LogP contribution in [0.15, 0.2) is 79.1 Å². The molecule has 210 valence electrons. The molecule has 0 radical (unpaired) electrons. The van der Waals surface area contributed by atoms with Gasteiger partial charge in [0.05, 0.1) is 11.1 Å². The Bertz CT molecular complexity index is 1590. The van der Waals surface area contributed by atoms with E-state index in [0.717, 1.165) is 18.3 Å². The van der Waals surface area contributed by atoms with E-state index < -0.39 is 41.5 Å². The van der Waals surface area contributed by atoms with Gasteiger partial charge in [-0.05, 0) is 60.2 Å². The SMILES string of the molecule is CNC(=O)c1cc(Oc2ccc(NC(=O)Nc3ccc(CC(=O)c4cccnc4F)c(C(F)(F)F)c3)cc2)ccn1. The molecule has 0 aliphatic heterocycles. The van der Waals surface area contributed by atoms with Crippen LogP contribution in [0.4, 0.5) is 33.7 Å². The molecule has 3 N–H and O–H groups in total. The molecule has 0 aliphatic carbocycles. The van der Waals surface area contributed by atoms with Crippen molar-refractivity contribution in [2.45, 2.75) is 12.6 Å². The Hall–Kier alpha value is -5.33. The molecule has 0 fully saturated rings. The Balaban J connectivity index is 1.41. The molecule has 0 spiro atoms. The third kappa shape index (κ3) is 7.41. The number of urea groups is 1. The molecule has 4 aromatic rings. The molecule has 0 aliphatic rings. The molecule has 3 amide bonds. The predicted molar refractivity (Wildman–Crippen MR) is 140 cm³/mol. The van der Waals surface area contributed by atoms with Gasteiger partial charge in [0, 0.05) is 43.3 Å². The Morgan fingerprint density at radius 2 is 1.56 bits per heavy atom. The second-order valence-electron chi connectivity index (χ2n) is 8.47. The van der Waals surface area contributed by atoms with Crippen LogP contribution in [0.5, 0.6) is 11.5 Å². The first-order valence-electron chi connectivity index (χ1n) is 11.9. The average Bonchev–Trinajstić information content (AvgIpc) is 2.94. The molecule has 0 saturated heterocycles. The molecule has 0 saturated carbocycles. The second-order valence-corrected chi connectivity index (χ2v) is 8.47. The minimum atomic E-state index is -4.84. The third-order valence-electron chi connectivity index (χ3n) is 5.62. The van der Waals surface area contributed by atoms with Gasteiger partial charge in [-0.15, -0.1) is 0 Å². The van der Waals surface area contributed by atoms with E-state index in [-0.39, 0.29) is 22.9 Å².